The second-order valence-electron chi connectivity index (χ2n) is 5.40. The zero-order valence-electron chi connectivity index (χ0n) is 10.3. The molecule has 15 heavy (non-hydrogen) atoms. The Morgan fingerprint density at radius 1 is 1.33 bits per heavy atom. The molecule has 1 atom stereocenters. The first-order valence-corrected chi connectivity index (χ1v) is 5.87. The summed E-state index contributed by atoms with van der Waals surface area (Å²) in [6, 6.07) is 0.319. The van der Waals surface area contributed by atoms with Crippen molar-refractivity contribution in [2.75, 3.05) is 0 Å². The van der Waals surface area contributed by atoms with E-state index < -0.39 is 0 Å². The number of carbonyl (C=O) groups excluding carboxylic acids is 1. The molecule has 0 aliphatic heterocycles. The summed E-state index contributed by atoms with van der Waals surface area (Å²) in [7, 11) is 0. The third-order valence-corrected chi connectivity index (χ3v) is 2.60. The van der Waals surface area contributed by atoms with E-state index in [1.807, 2.05) is 27.7 Å². The van der Waals surface area contributed by atoms with Gasteiger partial charge in [0.2, 0.25) is 0 Å². The van der Waals surface area contributed by atoms with E-state index in [4.69, 9.17) is 4.74 Å². The number of hydrogen-bond donors (Lipinski definition) is 1. The molecule has 0 heterocycles. The maximum atomic E-state index is 11.7. The topological polar surface area (TPSA) is 38.3 Å². The molecule has 0 aromatic rings. The lowest BCUT2D eigenvalue weighted by atomic mass is 10.2. The van der Waals surface area contributed by atoms with Gasteiger partial charge in [0, 0.05) is 6.04 Å². The largest absolute Gasteiger partial charge is 0.459 e. The molecule has 0 radical (unpaired) electrons. The second kappa shape index (κ2) is 4.97. The van der Waals surface area contributed by atoms with Gasteiger partial charge in [-0.25, -0.2) is 0 Å². The fourth-order valence-electron chi connectivity index (χ4n) is 1.90. The second-order valence-corrected chi connectivity index (χ2v) is 5.40. The summed E-state index contributed by atoms with van der Waals surface area (Å²) in [6.07, 6.45) is 4.93. The molecule has 1 saturated carbocycles. The minimum atomic E-state index is -0.386. The molecule has 1 fully saturated rings. The summed E-state index contributed by atoms with van der Waals surface area (Å²) in [5.74, 6) is -0.144. The van der Waals surface area contributed by atoms with Gasteiger partial charge in [-0.2, -0.15) is 0 Å². The van der Waals surface area contributed by atoms with Crippen molar-refractivity contribution < 1.29 is 9.53 Å². The van der Waals surface area contributed by atoms with Crippen molar-refractivity contribution >= 4 is 5.97 Å². The fraction of sp³-hybridized carbons (Fsp3) is 0.917. The lowest BCUT2D eigenvalue weighted by Crippen LogP contribution is -2.43. The molecule has 0 saturated heterocycles. The third kappa shape index (κ3) is 4.65. The number of hydrogen-bond acceptors (Lipinski definition) is 3. The average Bonchev–Trinajstić information content (AvgIpc) is 2.53. The molecule has 3 nitrogen and oxygen atoms in total. The van der Waals surface area contributed by atoms with Gasteiger partial charge in [-0.05, 0) is 40.5 Å². The number of ether oxygens (including phenoxy) is 1. The first-order valence-electron chi connectivity index (χ1n) is 5.87. The number of esters is 1. The minimum absolute atomic E-state index is 0.144. The van der Waals surface area contributed by atoms with Crippen molar-refractivity contribution in [3.8, 4) is 0 Å². The Morgan fingerprint density at radius 2 is 1.87 bits per heavy atom. The van der Waals surface area contributed by atoms with E-state index in [0.29, 0.717) is 6.04 Å². The Hall–Kier alpha value is -0.570. The summed E-state index contributed by atoms with van der Waals surface area (Å²) >= 11 is 0. The van der Waals surface area contributed by atoms with Crippen LogP contribution in [-0.4, -0.2) is 23.7 Å². The van der Waals surface area contributed by atoms with Crippen LogP contribution >= 0.6 is 0 Å². The highest BCUT2D eigenvalue weighted by Crippen LogP contribution is 2.18. The molecule has 1 rings (SSSR count). The van der Waals surface area contributed by atoms with Gasteiger partial charge in [-0.15, -0.1) is 0 Å². The van der Waals surface area contributed by atoms with Crippen LogP contribution in [0.4, 0.5) is 0 Å². The molecule has 1 N–H and O–H groups in total. The van der Waals surface area contributed by atoms with E-state index in [1.165, 1.54) is 25.7 Å². The SMILES string of the molecule is CC(NC1CCCC1)C(=O)OC(C)(C)C. The molecule has 1 unspecified atom stereocenters. The molecule has 0 amide bonds. The standard InChI is InChI=1S/C12H23NO2/c1-9(11(14)15-12(2,3)4)13-10-7-5-6-8-10/h9-10,13H,5-8H2,1-4H3. The van der Waals surface area contributed by atoms with Crippen molar-refractivity contribution in [2.45, 2.75) is 71.1 Å². The van der Waals surface area contributed by atoms with Gasteiger partial charge >= 0.3 is 5.97 Å². The highest BCUT2D eigenvalue weighted by Gasteiger charge is 2.24. The summed E-state index contributed by atoms with van der Waals surface area (Å²) < 4.78 is 5.31. The van der Waals surface area contributed by atoms with E-state index in [0.717, 1.165) is 0 Å². The molecule has 0 bridgehead atoms. The predicted molar refractivity (Wildman–Crippen MR) is 60.7 cm³/mol. The number of rotatable bonds is 3. The maximum Gasteiger partial charge on any atom is 0.323 e. The molecule has 3 heteroatoms. The van der Waals surface area contributed by atoms with Crippen LogP contribution in [-0.2, 0) is 9.53 Å². The number of carbonyl (C=O) groups is 1. The van der Waals surface area contributed by atoms with Gasteiger partial charge in [-0.3, -0.25) is 4.79 Å². The Morgan fingerprint density at radius 3 is 2.33 bits per heavy atom. The van der Waals surface area contributed by atoms with Gasteiger partial charge in [-0.1, -0.05) is 12.8 Å². The van der Waals surface area contributed by atoms with Crippen molar-refractivity contribution in [3.05, 3.63) is 0 Å². The predicted octanol–water partition coefficient (Wildman–Crippen LogP) is 2.25. The maximum absolute atomic E-state index is 11.7. The van der Waals surface area contributed by atoms with Crippen molar-refractivity contribution in [2.24, 2.45) is 0 Å². The van der Waals surface area contributed by atoms with Crippen LogP contribution in [0.25, 0.3) is 0 Å². The van der Waals surface area contributed by atoms with Crippen molar-refractivity contribution in [3.63, 3.8) is 0 Å². The van der Waals surface area contributed by atoms with E-state index in [2.05, 4.69) is 5.32 Å². The van der Waals surface area contributed by atoms with E-state index in [1.54, 1.807) is 0 Å². The average molecular weight is 213 g/mol. The molecule has 1 aliphatic rings. The first-order chi connectivity index (χ1) is 6.88. The fourth-order valence-corrected chi connectivity index (χ4v) is 1.90. The molecular formula is C12H23NO2. The smallest absolute Gasteiger partial charge is 0.323 e. The quantitative estimate of drug-likeness (QED) is 0.731. The lowest BCUT2D eigenvalue weighted by Gasteiger charge is -2.24. The van der Waals surface area contributed by atoms with Crippen LogP contribution in [0, 0.1) is 0 Å². The van der Waals surface area contributed by atoms with Crippen molar-refractivity contribution in [1.82, 2.24) is 5.32 Å². The van der Waals surface area contributed by atoms with E-state index >= 15 is 0 Å². The van der Waals surface area contributed by atoms with E-state index in [-0.39, 0.29) is 17.6 Å². The molecule has 0 spiro atoms. The monoisotopic (exact) mass is 213 g/mol. The Kier molecular flexibility index (Phi) is 4.14. The minimum Gasteiger partial charge on any atom is -0.459 e. The van der Waals surface area contributed by atoms with Crippen molar-refractivity contribution in [1.29, 1.82) is 0 Å². The van der Waals surface area contributed by atoms with Crippen LogP contribution in [0.5, 0.6) is 0 Å². The normalized spacial score (nSPS) is 20.3. The first kappa shape index (κ1) is 12.5. The highest BCUT2D eigenvalue weighted by molar-refractivity contribution is 5.75. The Balaban J connectivity index is 2.32. The van der Waals surface area contributed by atoms with Gasteiger partial charge in [0.05, 0.1) is 0 Å². The Bertz CT molecular complexity index is 214. The van der Waals surface area contributed by atoms with Crippen LogP contribution in [0.1, 0.15) is 53.4 Å². The highest BCUT2D eigenvalue weighted by atomic mass is 16.6. The van der Waals surface area contributed by atoms with Gasteiger partial charge in [0.15, 0.2) is 0 Å². The molecule has 88 valence electrons. The van der Waals surface area contributed by atoms with Gasteiger partial charge < -0.3 is 10.1 Å². The van der Waals surface area contributed by atoms with E-state index in [9.17, 15) is 4.79 Å². The van der Waals surface area contributed by atoms with Gasteiger partial charge in [0.25, 0.3) is 0 Å². The van der Waals surface area contributed by atoms with Gasteiger partial charge in [0.1, 0.15) is 11.6 Å². The molecule has 1 aliphatic carbocycles. The van der Waals surface area contributed by atoms with Crippen LogP contribution in [0.2, 0.25) is 0 Å². The summed E-state index contributed by atoms with van der Waals surface area (Å²) in [6.45, 7) is 7.57. The van der Waals surface area contributed by atoms with Crippen LogP contribution in [0.3, 0.4) is 0 Å². The van der Waals surface area contributed by atoms with Crippen LogP contribution < -0.4 is 5.32 Å². The summed E-state index contributed by atoms with van der Waals surface area (Å²) in [5.41, 5.74) is -0.386. The third-order valence-electron chi connectivity index (χ3n) is 2.60. The molecule has 0 aromatic heterocycles. The molecule has 0 aromatic carbocycles. The lowest BCUT2D eigenvalue weighted by molar-refractivity contribution is -0.157. The summed E-state index contributed by atoms with van der Waals surface area (Å²) in [4.78, 5) is 11.7. The zero-order valence-corrected chi connectivity index (χ0v) is 10.3. The number of nitrogens with one attached hydrogen (secondary N) is 1. The Labute approximate surface area is 92.6 Å². The summed E-state index contributed by atoms with van der Waals surface area (Å²) in [5, 5.41) is 3.33. The zero-order chi connectivity index (χ0) is 11.5. The van der Waals surface area contributed by atoms with Crippen LogP contribution in [0.15, 0.2) is 0 Å². The molecular weight excluding hydrogens is 190 g/mol.